The molecule has 0 saturated heterocycles. The Hall–Kier alpha value is -2.77. The van der Waals surface area contributed by atoms with E-state index in [1.165, 1.54) is 7.11 Å². The Morgan fingerprint density at radius 2 is 1.89 bits per heavy atom. The number of carbonyl (C=O) groups excluding carboxylic acids is 1. The number of ether oxygens (including phenoxy) is 1. The number of nitrogens with one attached hydrogen (secondary N) is 2. The zero-order chi connectivity index (χ0) is 22.7. The molecule has 0 aliphatic rings. The summed E-state index contributed by atoms with van der Waals surface area (Å²) < 4.78 is 38.9. The van der Waals surface area contributed by atoms with Crippen molar-refractivity contribution in [2.45, 2.75) is 26.4 Å². The van der Waals surface area contributed by atoms with Crippen LogP contribution in [-0.4, -0.2) is 39.7 Å². The van der Waals surface area contributed by atoms with E-state index in [9.17, 15) is 4.79 Å². The van der Waals surface area contributed by atoms with Crippen molar-refractivity contribution in [3.8, 4) is 22.5 Å². The zero-order valence-electron chi connectivity index (χ0n) is 19.7. The third-order valence-electron chi connectivity index (χ3n) is 4.08. The van der Waals surface area contributed by atoms with E-state index < -0.39 is 12.0 Å². The van der Waals surface area contributed by atoms with Crippen molar-refractivity contribution in [1.29, 1.82) is 0 Å². The first-order valence-electron chi connectivity index (χ1n) is 10.5. The quantitative estimate of drug-likeness (QED) is 0.586. The summed E-state index contributed by atoms with van der Waals surface area (Å²) >= 11 is 0. The molecule has 3 rings (SSSR count). The van der Waals surface area contributed by atoms with Crippen molar-refractivity contribution in [3.63, 3.8) is 0 Å². The molecule has 1 heterocycles. The van der Waals surface area contributed by atoms with Crippen LogP contribution in [0.25, 0.3) is 22.5 Å². The minimum absolute atomic E-state index is 0. The Balaban J connectivity index is 0.00000363. The minimum Gasteiger partial charge on any atom is -0.468 e. The number of nitrogens with zero attached hydrogens (tertiary/aromatic N) is 3. The standard InChI is InChI=1S/C20H23N5O2.ClH/c1-13(2)18(20(26)27-3)21-12-14-8-10-15(11-9-14)16-6-4-5-7-17(16)19-22-24-25-23-19;/h4-11,13,18,21H,12H2,1-3H3,(H,22,23,24,25);1H/t18-;/m0./s1/i8D,9D,10D,11D;. The largest absolute Gasteiger partial charge is 0.468 e. The summed E-state index contributed by atoms with van der Waals surface area (Å²) in [6.45, 7) is 3.68. The maximum absolute atomic E-state index is 12.0. The van der Waals surface area contributed by atoms with Gasteiger partial charge in [0.15, 0.2) is 0 Å². The van der Waals surface area contributed by atoms with E-state index in [1.807, 2.05) is 13.8 Å². The predicted octanol–water partition coefficient (Wildman–Crippen LogP) is 3.24. The van der Waals surface area contributed by atoms with Crippen LogP contribution in [0.15, 0.2) is 48.4 Å². The number of halogens is 1. The lowest BCUT2D eigenvalue weighted by Gasteiger charge is -2.20. The van der Waals surface area contributed by atoms with Gasteiger partial charge in [-0.05, 0) is 27.8 Å². The van der Waals surface area contributed by atoms with Crippen LogP contribution in [0.5, 0.6) is 0 Å². The topological polar surface area (TPSA) is 92.8 Å². The second-order valence-electron chi connectivity index (χ2n) is 6.26. The van der Waals surface area contributed by atoms with Gasteiger partial charge in [0.2, 0.25) is 5.82 Å². The van der Waals surface area contributed by atoms with E-state index in [0.717, 1.165) is 0 Å². The third kappa shape index (κ3) is 4.94. The first kappa shape index (κ1) is 16.2. The summed E-state index contributed by atoms with van der Waals surface area (Å²) in [6.07, 6.45) is 0. The normalized spacial score (nSPS) is 13.7. The van der Waals surface area contributed by atoms with Gasteiger partial charge >= 0.3 is 5.97 Å². The highest BCUT2D eigenvalue weighted by molar-refractivity contribution is 5.85. The highest BCUT2D eigenvalue weighted by Crippen LogP contribution is 2.29. The number of rotatable bonds is 7. The summed E-state index contributed by atoms with van der Waals surface area (Å²) in [6, 6.07) is 5.56. The van der Waals surface area contributed by atoms with Crippen molar-refractivity contribution in [2.75, 3.05) is 7.11 Å². The maximum Gasteiger partial charge on any atom is 0.323 e. The van der Waals surface area contributed by atoms with Gasteiger partial charge in [-0.3, -0.25) is 4.79 Å². The number of H-pyrrole nitrogens is 1. The highest BCUT2D eigenvalue weighted by atomic mass is 35.5. The highest BCUT2D eigenvalue weighted by Gasteiger charge is 2.22. The van der Waals surface area contributed by atoms with Crippen molar-refractivity contribution < 1.29 is 15.0 Å². The molecule has 8 heteroatoms. The number of hydrogen-bond acceptors (Lipinski definition) is 6. The second kappa shape index (κ2) is 9.96. The van der Waals surface area contributed by atoms with E-state index in [1.54, 1.807) is 24.3 Å². The molecule has 0 spiro atoms. The van der Waals surface area contributed by atoms with Crippen molar-refractivity contribution in [1.82, 2.24) is 25.9 Å². The second-order valence-corrected chi connectivity index (χ2v) is 6.26. The molecule has 0 aliphatic heterocycles. The first-order valence-corrected chi connectivity index (χ1v) is 8.51. The maximum atomic E-state index is 12.0. The Bertz CT molecular complexity index is 1070. The van der Waals surface area contributed by atoms with Crippen LogP contribution >= 0.6 is 12.4 Å². The van der Waals surface area contributed by atoms with Crippen molar-refractivity contribution in [3.05, 3.63) is 54.0 Å². The number of esters is 1. The molecule has 0 bridgehead atoms. The number of methoxy groups -OCH3 is 1. The van der Waals surface area contributed by atoms with Crippen LogP contribution in [0, 0.1) is 5.92 Å². The smallest absolute Gasteiger partial charge is 0.323 e. The van der Waals surface area contributed by atoms with Crippen molar-refractivity contribution in [2.24, 2.45) is 5.92 Å². The Labute approximate surface area is 175 Å². The summed E-state index contributed by atoms with van der Waals surface area (Å²) in [7, 11) is 1.30. The monoisotopic (exact) mass is 405 g/mol. The Morgan fingerprint density at radius 3 is 2.46 bits per heavy atom. The molecule has 0 amide bonds. The van der Waals surface area contributed by atoms with Crippen LogP contribution < -0.4 is 5.32 Å². The number of aromatic nitrogens is 4. The molecule has 0 radical (unpaired) electrons. The number of benzene rings is 2. The summed E-state index contributed by atoms with van der Waals surface area (Å²) in [4.78, 5) is 12.0. The summed E-state index contributed by atoms with van der Waals surface area (Å²) in [5.41, 5.74) is 1.32. The average molecular weight is 406 g/mol. The fourth-order valence-corrected chi connectivity index (χ4v) is 2.66. The summed E-state index contributed by atoms with van der Waals surface area (Å²) in [5.74, 6) is -0.241. The van der Waals surface area contributed by atoms with Gasteiger partial charge in [0.1, 0.15) is 6.04 Å². The molecular formula is C20H24ClN5O2. The van der Waals surface area contributed by atoms with Gasteiger partial charge in [0, 0.05) is 12.1 Å². The van der Waals surface area contributed by atoms with E-state index in [-0.39, 0.29) is 66.0 Å². The lowest BCUT2D eigenvalue weighted by Crippen LogP contribution is -2.41. The molecule has 3 aromatic rings. The molecule has 1 atom stereocenters. The SMILES string of the molecule is Cl.[2H]c1c([2H])c(-c2ccccc2-c2nn[nH]n2)c([2H])c([2H])c1CN[C@H](C(=O)OC)C(C)C. The number of tetrazole rings is 1. The zero-order valence-corrected chi connectivity index (χ0v) is 16.6. The van der Waals surface area contributed by atoms with Crippen LogP contribution in [0.4, 0.5) is 0 Å². The Kier molecular flexibility index (Phi) is 5.77. The lowest BCUT2D eigenvalue weighted by atomic mass is 9.98. The molecule has 0 unspecified atom stereocenters. The molecular weight excluding hydrogens is 378 g/mol. The molecule has 0 aliphatic carbocycles. The molecule has 0 fully saturated rings. The van der Waals surface area contributed by atoms with E-state index in [0.29, 0.717) is 11.1 Å². The minimum atomic E-state index is -0.634. The lowest BCUT2D eigenvalue weighted by molar-refractivity contribution is -0.144. The van der Waals surface area contributed by atoms with Crippen LogP contribution in [0.2, 0.25) is 0 Å². The van der Waals surface area contributed by atoms with Gasteiger partial charge in [-0.2, -0.15) is 5.21 Å². The fourth-order valence-electron chi connectivity index (χ4n) is 2.66. The average Bonchev–Trinajstić information content (AvgIpc) is 3.29. The first-order chi connectivity index (χ1) is 14.8. The van der Waals surface area contributed by atoms with Gasteiger partial charge < -0.3 is 10.1 Å². The fraction of sp³-hybridized carbons (Fsp3) is 0.300. The van der Waals surface area contributed by atoms with Gasteiger partial charge in [-0.1, -0.05) is 62.3 Å². The predicted molar refractivity (Wildman–Crippen MR) is 110 cm³/mol. The molecule has 148 valence electrons. The number of aromatic amines is 1. The molecule has 7 nitrogen and oxygen atoms in total. The van der Waals surface area contributed by atoms with Gasteiger partial charge in [0.25, 0.3) is 0 Å². The molecule has 28 heavy (non-hydrogen) atoms. The van der Waals surface area contributed by atoms with Gasteiger partial charge in [0.05, 0.1) is 12.6 Å². The molecule has 0 saturated carbocycles. The van der Waals surface area contributed by atoms with E-state index >= 15 is 0 Å². The van der Waals surface area contributed by atoms with Crippen LogP contribution in [0.3, 0.4) is 0 Å². The van der Waals surface area contributed by atoms with E-state index in [2.05, 4.69) is 25.9 Å². The van der Waals surface area contributed by atoms with Gasteiger partial charge in [-0.15, -0.1) is 22.6 Å². The molecule has 2 aromatic carbocycles. The number of hydrogen-bond donors (Lipinski definition) is 2. The Morgan fingerprint density at radius 1 is 1.21 bits per heavy atom. The van der Waals surface area contributed by atoms with Crippen LogP contribution in [-0.2, 0) is 16.1 Å². The van der Waals surface area contributed by atoms with Crippen molar-refractivity contribution >= 4 is 18.4 Å². The van der Waals surface area contributed by atoms with Gasteiger partial charge in [-0.25, -0.2) is 0 Å². The number of carbonyl (C=O) groups is 1. The molecule has 2 N–H and O–H groups in total. The third-order valence-corrected chi connectivity index (χ3v) is 4.08. The van der Waals surface area contributed by atoms with E-state index in [4.69, 9.17) is 10.2 Å². The summed E-state index contributed by atoms with van der Waals surface area (Å²) in [5, 5.41) is 16.9. The molecule has 1 aromatic heterocycles. The van der Waals surface area contributed by atoms with Crippen LogP contribution in [0.1, 0.15) is 24.9 Å².